The van der Waals surface area contributed by atoms with Gasteiger partial charge in [0.15, 0.2) is 0 Å². The van der Waals surface area contributed by atoms with Crippen molar-refractivity contribution in [3.05, 3.63) is 29.8 Å². The Kier molecular flexibility index (Phi) is 6.42. The summed E-state index contributed by atoms with van der Waals surface area (Å²) in [7, 11) is 0. The number of halogens is 3. The van der Waals surface area contributed by atoms with Crippen molar-refractivity contribution < 1.29 is 18.0 Å². The number of hydrogen-bond acceptors (Lipinski definition) is 3. The smallest absolute Gasteiger partial charge is 0.311 e. The average molecular weight is 383 g/mol. The highest BCUT2D eigenvalue weighted by Crippen LogP contribution is 2.27. The Morgan fingerprint density at radius 3 is 2.63 bits per heavy atom. The van der Waals surface area contributed by atoms with Gasteiger partial charge in [-0.2, -0.15) is 13.2 Å². The van der Waals surface area contributed by atoms with Gasteiger partial charge in [0.1, 0.15) is 0 Å². The molecule has 27 heavy (non-hydrogen) atoms. The first-order valence-electron chi connectivity index (χ1n) is 9.74. The van der Waals surface area contributed by atoms with Gasteiger partial charge >= 0.3 is 6.18 Å². The Hall–Kier alpha value is -1.60. The van der Waals surface area contributed by atoms with Gasteiger partial charge in [0.2, 0.25) is 5.91 Å². The molecule has 0 aliphatic carbocycles. The first kappa shape index (κ1) is 20.1. The molecule has 0 aromatic heterocycles. The molecule has 150 valence electrons. The zero-order valence-electron chi connectivity index (χ0n) is 15.8. The highest BCUT2D eigenvalue weighted by Gasteiger charge is 2.33. The number of likely N-dealkylation sites (tertiary alicyclic amines) is 1. The van der Waals surface area contributed by atoms with Gasteiger partial charge in [-0.1, -0.05) is 18.2 Å². The van der Waals surface area contributed by atoms with Gasteiger partial charge < -0.3 is 10.2 Å². The number of carbonyl (C=O) groups excluding carboxylic acids is 1. The second-order valence-corrected chi connectivity index (χ2v) is 7.68. The van der Waals surface area contributed by atoms with Crippen molar-refractivity contribution in [3.8, 4) is 0 Å². The maximum Gasteiger partial charge on any atom is 0.401 e. The fraction of sp³-hybridized carbons (Fsp3) is 0.650. The standard InChI is InChI=1S/C20H28F3N3O/c1-15(16-8-11-25(12-9-16)14-20(21,22)23)24-13-19(27)26-10-4-6-17-5-2-3-7-18(17)26/h2-3,5,7,15-16,24H,4,6,8-14H2,1H3. The lowest BCUT2D eigenvalue weighted by Crippen LogP contribution is -2.48. The number of nitrogens with zero attached hydrogens (tertiary/aromatic N) is 2. The van der Waals surface area contributed by atoms with E-state index in [1.807, 2.05) is 30.0 Å². The topological polar surface area (TPSA) is 35.6 Å². The maximum absolute atomic E-state index is 12.7. The Labute approximate surface area is 158 Å². The molecule has 0 saturated carbocycles. The van der Waals surface area contributed by atoms with Crippen LogP contribution in [0.25, 0.3) is 0 Å². The van der Waals surface area contributed by atoms with Crippen molar-refractivity contribution in [1.29, 1.82) is 0 Å². The third-order valence-corrected chi connectivity index (χ3v) is 5.73. The minimum Gasteiger partial charge on any atom is -0.311 e. The van der Waals surface area contributed by atoms with E-state index in [1.165, 1.54) is 10.5 Å². The number of fused-ring (bicyclic) bond motifs is 1. The number of piperidine rings is 1. The maximum atomic E-state index is 12.7. The van der Waals surface area contributed by atoms with Crippen molar-refractivity contribution in [2.24, 2.45) is 5.92 Å². The van der Waals surface area contributed by atoms with E-state index in [1.54, 1.807) is 0 Å². The molecule has 1 atom stereocenters. The van der Waals surface area contributed by atoms with E-state index in [2.05, 4.69) is 11.4 Å². The van der Waals surface area contributed by atoms with E-state index in [0.29, 0.717) is 19.0 Å². The van der Waals surface area contributed by atoms with Gasteiger partial charge in [-0.15, -0.1) is 0 Å². The third kappa shape index (κ3) is 5.45. The lowest BCUT2D eigenvalue weighted by atomic mass is 9.90. The summed E-state index contributed by atoms with van der Waals surface area (Å²) in [5.41, 5.74) is 2.21. The molecule has 0 spiro atoms. The normalized spacial score (nSPS) is 20.4. The van der Waals surface area contributed by atoms with Gasteiger partial charge in [0, 0.05) is 18.3 Å². The zero-order chi connectivity index (χ0) is 19.4. The first-order chi connectivity index (χ1) is 12.8. The monoisotopic (exact) mass is 383 g/mol. The average Bonchev–Trinajstić information content (AvgIpc) is 2.64. The number of rotatable bonds is 5. The molecule has 3 rings (SSSR count). The second kappa shape index (κ2) is 8.61. The van der Waals surface area contributed by atoms with Crippen molar-refractivity contribution in [3.63, 3.8) is 0 Å². The van der Waals surface area contributed by atoms with E-state index in [-0.39, 0.29) is 18.5 Å². The van der Waals surface area contributed by atoms with Crippen LogP contribution in [0.4, 0.5) is 18.9 Å². The van der Waals surface area contributed by atoms with Gasteiger partial charge in [0.25, 0.3) is 0 Å². The first-order valence-corrected chi connectivity index (χ1v) is 9.74. The van der Waals surface area contributed by atoms with Crippen LogP contribution < -0.4 is 10.2 Å². The van der Waals surface area contributed by atoms with E-state index < -0.39 is 12.7 Å². The summed E-state index contributed by atoms with van der Waals surface area (Å²) in [6, 6.07) is 8.13. The zero-order valence-corrected chi connectivity index (χ0v) is 15.8. The molecule has 1 fully saturated rings. The molecule has 1 N–H and O–H groups in total. The Bertz CT molecular complexity index is 642. The summed E-state index contributed by atoms with van der Waals surface area (Å²) in [5.74, 6) is 0.361. The van der Waals surface area contributed by atoms with E-state index >= 15 is 0 Å². The molecule has 1 aromatic carbocycles. The number of hydrogen-bond donors (Lipinski definition) is 1. The summed E-state index contributed by atoms with van der Waals surface area (Å²) >= 11 is 0. The molecular formula is C20H28F3N3O. The van der Waals surface area contributed by atoms with Crippen LogP contribution in [0.2, 0.25) is 0 Å². The fourth-order valence-corrected chi connectivity index (χ4v) is 4.17. The van der Waals surface area contributed by atoms with Crippen LogP contribution >= 0.6 is 0 Å². The molecule has 0 radical (unpaired) electrons. The van der Waals surface area contributed by atoms with Crippen LogP contribution in [0.3, 0.4) is 0 Å². The van der Waals surface area contributed by atoms with Crippen molar-refractivity contribution >= 4 is 11.6 Å². The van der Waals surface area contributed by atoms with E-state index in [4.69, 9.17) is 0 Å². The highest BCUT2D eigenvalue weighted by molar-refractivity contribution is 5.95. The van der Waals surface area contributed by atoms with Gasteiger partial charge in [0.05, 0.1) is 13.1 Å². The predicted molar refractivity (Wildman–Crippen MR) is 99.8 cm³/mol. The minimum absolute atomic E-state index is 0.0588. The molecule has 2 aliphatic heterocycles. The Morgan fingerprint density at radius 2 is 1.93 bits per heavy atom. The van der Waals surface area contributed by atoms with Crippen LogP contribution in [-0.4, -0.2) is 55.7 Å². The number of aryl methyl sites for hydroxylation is 1. The van der Waals surface area contributed by atoms with Gasteiger partial charge in [-0.05, 0) is 63.2 Å². The third-order valence-electron chi connectivity index (χ3n) is 5.73. The minimum atomic E-state index is -4.13. The number of benzene rings is 1. The molecule has 1 saturated heterocycles. The van der Waals surface area contributed by atoms with Crippen LogP contribution in [0.1, 0.15) is 31.7 Å². The Balaban J connectivity index is 1.46. The van der Waals surface area contributed by atoms with Crippen LogP contribution in [-0.2, 0) is 11.2 Å². The summed E-state index contributed by atoms with van der Waals surface area (Å²) < 4.78 is 37.5. The van der Waals surface area contributed by atoms with Crippen molar-refractivity contribution in [2.45, 2.75) is 44.8 Å². The molecule has 1 amide bonds. The number of anilines is 1. The number of nitrogens with one attached hydrogen (secondary N) is 1. The predicted octanol–water partition coefficient (Wildman–Crippen LogP) is 3.22. The number of para-hydroxylation sites is 1. The summed E-state index contributed by atoms with van der Waals surface area (Å²) in [6.07, 6.45) is -0.708. The number of amides is 1. The summed E-state index contributed by atoms with van der Waals surface area (Å²) in [5, 5.41) is 3.31. The molecular weight excluding hydrogens is 355 g/mol. The van der Waals surface area contributed by atoms with Crippen molar-refractivity contribution in [1.82, 2.24) is 10.2 Å². The molecule has 1 aromatic rings. The van der Waals surface area contributed by atoms with Gasteiger partial charge in [-0.3, -0.25) is 9.69 Å². The lowest BCUT2D eigenvalue weighted by molar-refractivity contribution is -0.148. The SMILES string of the molecule is CC(NCC(=O)N1CCCc2ccccc21)C1CCN(CC(F)(F)F)CC1. The molecule has 0 bridgehead atoms. The molecule has 2 heterocycles. The fourth-order valence-electron chi connectivity index (χ4n) is 4.17. The Morgan fingerprint density at radius 1 is 1.22 bits per heavy atom. The second-order valence-electron chi connectivity index (χ2n) is 7.68. The molecule has 4 nitrogen and oxygen atoms in total. The van der Waals surface area contributed by atoms with E-state index in [0.717, 1.165) is 37.9 Å². The van der Waals surface area contributed by atoms with Crippen LogP contribution in [0.5, 0.6) is 0 Å². The summed E-state index contributed by atoms with van der Waals surface area (Å²) in [6.45, 7) is 3.13. The quantitative estimate of drug-likeness (QED) is 0.848. The molecule has 2 aliphatic rings. The van der Waals surface area contributed by atoms with Crippen molar-refractivity contribution in [2.75, 3.05) is 37.6 Å². The largest absolute Gasteiger partial charge is 0.401 e. The molecule has 1 unspecified atom stereocenters. The number of alkyl halides is 3. The molecule has 7 heteroatoms. The van der Waals surface area contributed by atoms with Crippen LogP contribution in [0.15, 0.2) is 24.3 Å². The number of carbonyl (C=O) groups is 1. The highest BCUT2D eigenvalue weighted by atomic mass is 19.4. The summed E-state index contributed by atoms with van der Waals surface area (Å²) in [4.78, 5) is 16.0. The lowest BCUT2D eigenvalue weighted by Gasteiger charge is -2.36. The van der Waals surface area contributed by atoms with Gasteiger partial charge in [-0.25, -0.2) is 0 Å². The van der Waals surface area contributed by atoms with Crippen LogP contribution in [0, 0.1) is 5.92 Å². The van der Waals surface area contributed by atoms with E-state index in [9.17, 15) is 18.0 Å².